The predicted molar refractivity (Wildman–Crippen MR) is 95.7 cm³/mol. The zero-order valence-electron chi connectivity index (χ0n) is 14.3. The van der Waals surface area contributed by atoms with Crippen molar-refractivity contribution in [2.75, 3.05) is 12.0 Å². The molecule has 1 heterocycles. The third kappa shape index (κ3) is 5.42. The standard InChI is InChI=1S/C18H24N4O3/c1-2-3-4-8-15(12-22(25)13-23)18(24)21-20-17-16-9-6-5-7-14(16)10-11-19-17/h5-7,9-11,13,15,25H,2-4,8,12H2,1H3,(H,19,20)(H,21,24). The second kappa shape index (κ2) is 9.58. The molecule has 0 bridgehead atoms. The van der Waals surface area contributed by atoms with Crippen LogP contribution in [0.4, 0.5) is 5.82 Å². The molecular formula is C18H24N4O3. The fraction of sp³-hybridized carbons (Fsp3) is 0.389. The first-order valence-corrected chi connectivity index (χ1v) is 8.46. The molecule has 0 radical (unpaired) electrons. The van der Waals surface area contributed by atoms with Crippen LogP contribution in [0.2, 0.25) is 0 Å². The third-order valence-corrected chi connectivity index (χ3v) is 4.03. The monoisotopic (exact) mass is 344 g/mol. The van der Waals surface area contributed by atoms with E-state index in [4.69, 9.17) is 0 Å². The Hall–Kier alpha value is -2.67. The Labute approximate surface area is 147 Å². The molecule has 1 aromatic heterocycles. The topological polar surface area (TPSA) is 94.6 Å². The van der Waals surface area contributed by atoms with E-state index >= 15 is 0 Å². The summed E-state index contributed by atoms with van der Waals surface area (Å²) >= 11 is 0. The first-order valence-electron chi connectivity index (χ1n) is 8.46. The number of aromatic nitrogens is 1. The number of anilines is 1. The highest BCUT2D eigenvalue weighted by Gasteiger charge is 2.20. The SMILES string of the molecule is CCCCCC(CN(O)C=O)C(=O)NNc1nccc2ccccc12. The van der Waals surface area contributed by atoms with Crippen LogP contribution in [0.1, 0.15) is 32.6 Å². The Morgan fingerprint density at radius 2 is 2.12 bits per heavy atom. The Kier molecular flexibility index (Phi) is 7.16. The molecule has 134 valence electrons. The van der Waals surface area contributed by atoms with Gasteiger partial charge in [0.15, 0.2) is 5.82 Å². The lowest BCUT2D eigenvalue weighted by molar-refractivity contribution is -0.154. The fourth-order valence-electron chi connectivity index (χ4n) is 2.66. The smallest absolute Gasteiger partial charge is 0.243 e. The number of hydrogen-bond donors (Lipinski definition) is 3. The van der Waals surface area contributed by atoms with Gasteiger partial charge in [0, 0.05) is 11.6 Å². The largest absolute Gasteiger partial charge is 0.286 e. The lowest BCUT2D eigenvalue weighted by atomic mass is 10.0. The number of pyridine rings is 1. The van der Waals surface area contributed by atoms with E-state index in [1.165, 1.54) is 0 Å². The summed E-state index contributed by atoms with van der Waals surface area (Å²) in [6.45, 7) is 2.04. The molecule has 3 N–H and O–H groups in total. The molecular weight excluding hydrogens is 320 g/mol. The van der Waals surface area contributed by atoms with Crippen LogP contribution in [0.5, 0.6) is 0 Å². The highest BCUT2D eigenvalue weighted by atomic mass is 16.5. The van der Waals surface area contributed by atoms with E-state index in [1.807, 2.05) is 30.3 Å². The fourth-order valence-corrected chi connectivity index (χ4v) is 2.66. The number of hydrogen-bond acceptors (Lipinski definition) is 5. The van der Waals surface area contributed by atoms with Crippen molar-refractivity contribution < 1.29 is 14.8 Å². The van der Waals surface area contributed by atoms with Crippen LogP contribution in [0, 0.1) is 5.92 Å². The number of nitrogens with zero attached hydrogens (tertiary/aromatic N) is 2. The van der Waals surface area contributed by atoms with E-state index in [0.717, 1.165) is 30.0 Å². The molecule has 2 amide bonds. The number of unbranched alkanes of at least 4 members (excludes halogenated alkanes) is 2. The minimum atomic E-state index is -0.496. The van der Waals surface area contributed by atoms with Crippen LogP contribution < -0.4 is 10.9 Å². The molecule has 0 fully saturated rings. The lowest BCUT2D eigenvalue weighted by Crippen LogP contribution is -2.40. The van der Waals surface area contributed by atoms with Crippen molar-refractivity contribution in [1.29, 1.82) is 0 Å². The Morgan fingerprint density at radius 1 is 1.32 bits per heavy atom. The van der Waals surface area contributed by atoms with Gasteiger partial charge in [0.2, 0.25) is 12.3 Å². The number of carbonyl (C=O) groups excluding carboxylic acids is 2. The normalized spacial score (nSPS) is 11.8. The number of nitrogens with one attached hydrogen (secondary N) is 2. The van der Waals surface area contributed by atoms with Crippen molar-refractivity contribution in [2.24, 2.45) is 5.92 Å². The highest BCUT2D eigenvalue weighted by molar-refractivity contribution is 5.92. The molecule has 0 aliphatic rings. The average Bonchev–Trinajstić information content (AvgIpc) is 2.65. The number of rotatable bonds is 10. The van der Waals surface area contributed by atoms with Gasteiger partial charge < -0.3 is 0 Å². The minimum Gasteiger partial charge on any atom is -0.286 e. The van der Waals surface area contributed by atoms with Gasteiger partial charge in [-0.2, -0.15) is 0 Å². The molecule has 0 saturated heterocycles. The summed E-state index contributed by atoms with van der Waals surface area (Å²) in [5.74, 6) is -0.231. The molecule has 0 aliphatic heterocycles. The lowest BCUT2D eigenvalue weighted by Gasteiger charge is -2.20. The summed E-state index contributed by atoms with van der Waals surface area (Å²) in [6.07, 6.45) is 5.44. The average molecular weight is 344 g/mol. The van der Waals surface area contributed by atoms with Gasteiger partial charge in [0.1, 0.15) is 0 Å². The predicted octanol–water partition coefficient (Wildman–Crippen LogP) is 2.72. The summed E-state index contributed by atoms with van der Waals surface area (Å²) in [7, 11) is 0. The maximum Gasteiger partial charge on any atom is 0.243 e. The van der Waals surface area contributed by atoms with Crippen molar-refractivity contribution in [1.82, 2.24) is 15.5 Å². The van der Waals surface area contributed by atoms with Crippen molar-refractivity contribution in [3.05, 3.63) is 36.5 Å². The van der Waals surface area contributed by atoms with E-state index < -0.39 is 5.92 Å². The minimum absolute atomic E-state index is 0.0380. The Morgan fingerprint density at radius 3 is 2.88 bits per heavy atom. The van der Waals surface area contributed by atoms with Gasteiger partial charge in [-0.05, 0) is 17.9 Å². The zero-order valence-corrected chi connectivity index (χ0v) is 14.3. The van der Waals surface area contributed by atoms with Gasteiger partial charge in [-0.1, -0.05) is 50.5 Å². The number of carbonyl (C=O) groups is 2. The highest BCUT2D eigenvalue weighted by Crippen LogP contribution is 2.20. The van der Waals surface area contributed by atoms with Gasteiger partial charge in [-0.25, -0.2) is 10.0 Å². The molecule has 0 spiro atoms. The van der Waals surface area contributed by atoms with Crippen LogP contribution in [-0.2, 0) is 9.59 Å². The maximum atomic E-state index is 12.4. The van der Waals surface area contributed by atoms with Gasteiger partial charge in [-0.3, -0.25) is 25.6 Å². The van der Waals surface area contributed by atoms with E-state index in [9.17, 15) is 14.8 Å². The molecule has 0 aliphatic carbocycles. The van der Waals surface area contributed by atoms with Gasteiger partial charge in [0.05, 0.1) is 12.5 Å². The first-order chi connectivity index (χ1) is 12.2. The third-order valence-electron chi connectivity index (χ3n) is 4.03. The van der Waals surface area contributed by atoms with E-state index in [2.05, 4.69) is 22.8 Å². The number of benzene rings is 1. The van der Waals surface area contributed by atoms with E-state index in [1.54, 1.807) is 6.20 Å². The van der Waals surface area contributed by atoms with Crippen molar-refractivity contribution in [3.8, 4) is 0 Å². The van der Waals surface area contributed by atoms with Crippen molar-refractivity contribution in [2.45, 2.75) is 32.6 Å². The van der Waals surface area contributed by atoms with Crippen LogP contribution in [0.25, 0.3) is 10.8 Å². The molecule has 1 aromatic carbocycles. The molecule has 7 heteroatoms. The summed E-state index contributed by atoms with van der Waals surface area (Å²) in [6, 6.07) is 9.61. The van der Waals surface area contributed by atoms with Crippen molar-refractivity contribution >= 4 is 28.9 Å². The van der Waals surface area contributed by atoms with Crippen LogP contribution in [0.15, 0.2) is 36.5 Å². The molecule has 2 aromatic rings. The second-order valence-corrected chi connectivity index (χ2v) is 5.92. The van der Waals surface area contributed by atoms with E-state index in [-0.39, 0.29) is 12.5 Å². The van der Waals surface area contributed by atoms with Gasteiger partial charge in [-0.15, -0.1) is 0 Å². The molecule has 25 heavy (non-hydrogen) atoms. The summed E-state index contributed by atoms with van der Waals surface area (Å²) in [5, 5.41) is 11.8. The molecule has 0 saturated carbocycles. The van der Waals surface area contributed by atoms with E-state index in [0.29, 0.717) is 23.7 Å². The van der Waals surface area contributed by atoms with Crippen LogP contribution in [0.3, 0.4) is 0 Å². The quantitative estimate of drug-likeness (QED) is 0.267. The van der Waals surface area contributed by atoms with Gasteiger partial charge >= 0.3 is 0 Å². The summed E-state index contributed by atoms with van der Waals surface area (Å²) < 4.78 is 0. The Balaban J connectivity index is 2.02. The second-order valence-electron chi connectivity index (χ2n) is 5.92. The molecule has 2 rings (SSSR count). The summed E-state index contributed by atoms with van der Waals surface area (Å²) in [5.41, 5.74) is 5.49. The first kappa shape index (κ1) is 18.7. The zero-order chi connectivity index (χ0) is 18.1. The number of amides is 2. The number of hydroxylamine groups is 2. The van der Waals surface area contributed by atoms with Crippen molar-refractivity contribution in [3.63, 3.8) is 0 Å². The van der Waals surface area contributed by atoms with Crippen LogP contribution >= 0.6 is 0 Å². The number of hydrazine groups is 1. The molecule has 7 nitrogen and oxygen atoms in total. The molecule has 1 atom stereocenters. The molecule has 1 unspecified atom stereocenters. The number of fused-ring (bicyclic) bond motifs is 1. The Bertz CT molecular complexity index is 702. The van der Waals surface area contributed by atoms with Gasteiger partial charge in [0.25, 0.3) is 0 Å². The summed E-state index contributed by atoms with van der Waals surface area (Å²) in [4.78, 5) is 27.3. The maximum absolute atomic E-state index is 12.4. The van der Waals surface area contributed by atoms with Crippen LogP contribution in [-0.4, -0.2) is 34.1 Å².